The Bertz CT molecular complexity index is 478. The van der Waals surface area contributed by atoms with Gasteiger partial charge in [0.2, 0.25) is 0 Å². The number of nitrogens with one attached hydrogen (secondary N) is 1. The van der Waals surface area contributed by atoms with Crippen LogP contribution in [-0.2, 0) is 6.54 Å². The first-order valence-electron chi connectivity index (χ1n) is 7.13. The number of rotatable bonds is 4. The molecule has 0 aromatic heterocycles. The topological polar surface area (TPSA) is 21.3 Å². The number of hydrogen-bond donors (Lipinski definition) is 1. The first-order valence-corrected chi connectivity index (χ1v) is 7.92. The van der Waals surface area contributed by atoms with Crippen LogP contribution in [0.25, 0.3) is 0 Å². The predicted molar refractivity (Wildman–Crippen MR) is 79.1 cm³/mol. The van der Waals surface area contributed by atoms with Crippen molar-refractivity contribution < 1.29 is 17.9 Å². The minimum atomic E-state index is -4.67. The summed E-state index contributed by atoms with van der Waals surface area (Å²) in [7, 11) is 0. The molecule has 21 heavy (non-hydrogen) atoms. The summed E-state index contributed by atoms with van der Waals surface area (Å²) < 4.78 is 40.8. The number of hydrogen-bond acceptors (Lipinski definition) is 2. The Labute approximate surface area is 131 Å². The van der Waals surface area contributed by atoms with Crippen LogP contribution >= 0.6 is 15.9 Å². The highest BCUT2D eigenvalue weighted by Gasteiger charge is 2.32. The van der Waals surface area contributed by atoms with E-state index in [-0.39, 0.29) is 5.75 Å². The molecule has 2 unspecified atom stereocenters. The van der Waals surface area contributed by atoms with E-state index in [1.807, 2.05) is 0 Å². The zero-order valence-corrected chi connectivity index (χ0v) is 13.4. The summed E-state index contributed by atoms with van der Waals surface area (Å²) in [5, 5.41) is 3.50. The van der Waals surface area contributed by atoms with Crippen molar-refractivity contribution in [1.29, 1.82) is 0 Å². The minimum absolute atomic E-state index is 0.211. The molecular weight excluding hydrogens is 347 g/mol. The molecule has 1 aromatic carbocycles. The summed E-state index contributed by atoms with van der Waals surface area (Å²) in [6.45, 7) is 2.90. The molecule has 2 atom stereocenters. The van der Waals surface area contributed by atoms with Crippen LogP contribution in [0.1, 0.15) is 38.2 Å². The van der Waals surface area contributed by atoms with Gasteiger partial charge < -0.3 is 10.1 Å². The third kappa shape index (κ3) is 5.18. The van der Waals surface area contributed by atoms with E-state index in [1.54, 1.807) is 12.1 Å². The van der Waals surface area contributed by atoms with Crippen LogP contribution in [0.15, 0.2) is 22.7 Å². The fourth-order valence-corrected chi connectivity index (χ4v) is 3.24. The fourth-order valence-electron chi connectivity index (χ4n) is 2.73. The van der Waals surface area contributed by atoms with Gasteiger partial charge in [0.1, 0.15) is 5.75 Å². The lowest BCUT2D eigenvalue weighted by atomic mass is 9.86. The molecule has 1 aliphatic rings. The van der Waals surface area contributed by atoms with Crippen molar-refractivity contribution in [2.24, 2.45) is 5.92 Å². The van der Waals surface area contributed by atoms with Crippen molar-refractivity contribution in [2.75, 3.05) is 0 Å². The zero-order valence-electron chi connectivity index (χ0n) is 11.8. The predicted octanol–water partition coefficient (Wildman–Crippen LogP) is 5.02. The molecule has 1 fully saturated rings. The second-order valence-corrected chi connectivity index (χ2v) is 6.42. The highest BCUT2D eigenvalue weighted by Crippen LogP contribution is 2.31. The summed E-state index contributed by atoms with van der Waals surface area (Å²) in [5.41, 5.74) is 0.939. The molecule has 2 nitrogen and oxygen atoms in total. The van der Waals surface area contributed by atoms with Gasteiger partial charge in [-0.3, -0.25) is 0 Å². The van der Waals surface area contributed by atoms with E-state index < -0.39 is 6.36 Å². The fraction of sp³-hybridized carbons (Fsp3) is 0.600. The molecule has 0 bridgehead atoms. The standard InChI is InChI=1S/C15H19BrF3NO/c1-10-4-2-3-5-13(10)20-9-11-6-7-14(12(16)8-11)21-15(17,18)19/h6-8,10,13,20H,2-5,9H2,1H3. The Morgan fingerprint density at radius 2 is 2.00 bits per heavy atom. The van der Waals surface area contributed by atoms with E-state index in [4.69, 9.17) is 0 Å². The molecule has 1 aliphatic carbocycles. The maximum atomic E-state index is 12.2. The molecule has 0 heterocycles. The van der Waals surface area contributed by atoms with E-state index in [0.29, 0.717) is 23.0 Å². The molecule has 0 amide bonds. The maximum absolute atomic E-state index is 12.2. The van der Waals surface area contributed by atoms with Crippen molar-refractivity contribution in [1.82, 2.24) is 5.32 Å². The van der Waals surface area contributed by atoms with Gasteiger partial charge in [0.05, 0.1) is 4.47 Å². The number of halogens is 4. The lowest BCUT2D eigenvalue weighted by Gasteiger charge is -2.29. The van der Waals surface area contributed by atoms with Crippen LogP contribution in [0.4, 0.5) is 13.2 Å². The van der Waals surface area contributed by atoms with Gasteiger partial charge in [-0.15, -0.1) is 13.2 Å². The molecule has 0 saturated heterocycles. The smallest absolute Gasteiger partial charge is 0.405 e. The molecule has 118 valence electrons. The number of ether oxygens (including phenoxy) is 1. The molecule has 1 aromatic rings. The van der Waals surface area contributed by atoms with E-state index in [1.165, 1.54) is 25.3 Å². The van der Waals surface area contributed by atoms with Crippen LogP contribution in [0, 0.1) is 5.92 Å². The van der Waals surface area contributed by atoms with Gasteiger partial charge in [0, 0.05) is 12.6 Å². The Hall–Kier alpha value is -0.750. The maximum Gasteiger partial charge on any atom is 0.573 e. The second-order valence-electron chi connectivity index (χ2n) is 5.56. The normalized spacial score (nSPS) is 23.1. The quantitative estimate of drug-likeness (QED) is 0.808. The van der Waals surface area contributed by atoms with Gasteiger partial charge in [0.25, 0.3) is 0 Å². The van der Waals surface area contributed by atoms with Gasteiger partial charge in [-0.1, -0.05) is 25.8 Å². The van der Waals surface area contributed by atoms with Crippen molar-refractivity contribution in [3.05, 3.63) is 28.2 Å². The molecule has 1 N–H and O–H groups in total. The molecule has 0 radical (unpaired) electrons. The average Bonchev–Trinajstić information content (AvgIpc) is 2.39. The summed E-state index contributed by atoms with van der Waals surface area (Å²) in [5.74, 6) is 0.437. The van der Waals surface area contributed by atoms with Crippen molar-refractivity contribution in [2.45, 2.75) is 51.6 Å². The Kier molecular flexibility index (Phi) is 5.54. The van der Waals surface area contributed by atoms with Gasteiger partial charge in [-0.05, 0) is 52.4 Å². The lowest BCUT2D eigenvalue weighted by Crippen LogP contribution is -2.36. The SMILES string of the molecule is CC1CCCCC1NCc1ccc(OC(F)(F)F)c(Br)c1. The lowest BCUT2D eigenvalue weighted by molar-refractivity contribution is -0.274. The first kappa shape index (κ1) is 16.6. The summed E-state index contributed by atoms with van der Waals surface area (Å²) in [6.07, 6.45) is 0.260. The van der Waals surface area contributed by atoms with Crippen molar-refractivity contribution in [3.8, 4) is 5.75 Å². The number of alkyl halides is 3. The molecular formula is C15H19BrF3NO. The molecule has 0 spiro atoms. The average molecular weight is 366 g/mol. The van der Waals surface area contributed by atoms with Crippen LogP contribution in [-0.4, -0.2) is 12.4 Å². The molecule has 6 heteroatoms. The van der Waals surface area contributed by atoms with E-state index in [9.17, 15) is 13.2 Å². The molecule has 0 aliphatic heterocycles. The Morgan fingerprint density at radius 3 is 2.62 bits per heavy atom. The Morgan fingerprint density at radius 1 is 1.29 bits per heavy atom. The van der Waals surface area contributed by atoms with Crippen molar-refractivity contribution in [3.63, 3.8) is 0 Å². The van der Waals surface area contributed by atoms with Crippen LogP contribution in [0.3, 0.4) is 0 Å². The van der Waals surface area contributed by atoms with Crippen LogP contribution in [0.5, 0.6) is 5.75 Å². The first-order chi connectivity index (χ1) is 9.85. The second kappa shape index (κ2) is 7.01. The van der Waals surface area contributed by atoms with Gasteiger partial charge in [0.15, 0.2) is 0 Å². The summed E-state index contributed by atoms with van der Waals surface area (Å²) in [4.78, 5) is 0. The minimum Gasteiger partial charge on any atom is -0.405 e. The van der Waals surface area contributed by atoms with Gasteiger partial charge >= 0.3 is 6.36 Å². The summed E-state index contributed by atoms with van der Waals surface area (Å²) in [6, 6.07) is 5.16. The largest absolute Gasteiger partial charge is 0.573 e. The summed E-state index contributed by atoms with van der Waals surface area (Å²) >= 11 is 3.12. The van der Waals surface area contributed by atoms with Crippen molar-refractivity contribution >= 4 is 15.9 Å². The highest BCUT2D eigenvalue weighted by molar-refractivity contribution is 9.10. The monoisotopic (exact) mass is 365 g/mol. The van der Waals surface area contributed by atoms with Crippen LogP contribution < -0.4 is 10.1 Å². The van der Waals surface area contributed by atoms with E-state index >= 15 is 0 Å². The highest BCUT2D eigenvalue weighted by atomic mass is 79.9. The van der Waals surface area contributed by atoms with Gasteiger partial charge in [-0.25, -0.2) is 0 Å². The van der Waals surface area contributed by atoms with E-state index in [0.717, 1.165) is 12.0 Å². The van der Waals surface area contributed by atoms with Gasteiger partial charge in [-0.2, -0.15) is 0 Å². The van der Waals surface area contributed by atoms with Crippen LogP contribution in [0.2, 0.25) is 0 Å². The third-order valence-electron chi connectivity index (χ3n) is 3.90. The third-order valence-corrected chi connectivity index (χ3v) is 4.52. The molecule has 2 rings (SSSR count). The van der Waals surface area contributed by atoms with E-state index in [2.05, 4.69) is 32.9 Å². The zero-order chi connectivity index (χ0) is 15.5. The number of benzene rings is 1. The Balaban J connectivity index is 1.94. The molecule has 1 saturated carbocycles.